The van der Waals surface area contributed by atoms with Gasteiger partial charge in [0.15, 0.2) is 0 Å². The van der Waals surface area contributed by atoms with Gasteiger partial charge >= 0.3 is 6.18 Å². The lowest BCUT2D eigenvalue weighted by molar-refractivity contribution is -0.152. The van der Waals surface area contributed by atoms with Crippen LogP contribution in [-0.2, 0) is 17.5 Å². The monoisotopic (exact) mass is 467 g/mol. The van der Waals surface area contributed by atoms with E-state index in [-0.39, 0.29) is 46.6 Å². The van der Waals surface area contributed by atoms with Gasteiger partial charge in [0.1, 0.15) is 11.3 Å². The molecule has 2 unspecified atom stereocenters. The lowest BCUT2D eigenvalue weighted by atomic mass is 10.00. The fourth-order valence-corrected chi connectivity index (χ4v) is 4.30. The molecule has 1 aromatic heterocycles. The zero-order valence-corrected chi connectivity index (χ0v) is 18.1. The second-order valence-electron chi connectivity index (χ2n) is 8.03. The number of halogens is 4. The third kappa shape index (κ3) is 4.35. The molecule has 9 heteroatoms. The minimum atomic E-state index is -4.92. The van der Waals surface area contributed by atoms with Gasteiger partial charge in [-0.15, -0.1) is 0 Å². The van der Waals surface area contributed by atoms with Crippen molar-refractivity contribution in [3.63, 3.8) is 0 Å². The summed E-state index contributed by atoms with van der Waals surface area (Å²) in [6.45, 7) is 4.96. The molecule has 5 nitrogen and oxygen atoms in total. The molecule has 170 valence electrons. The summed E-state index contributed by atoms with van der Waals surface area (Å²) < 4.78 is 52.9. The summed E-state index contributed by atoms with van der Waals surface area (Å²) in [6, 6.07) is 8.08. The van der Waals surface area contributed by atoms with Gasteiger partial charge < -0.3 is 14.3 Å². The highest BCUT2D eigenvalue weighted by atomic mass is 35.5. The Balaban J connectivity index is 1.92. The molecular formula is C23H21ClF3NO4. The summed E-state index contributed by atoms with van der Waals surface area (Å²) in [4.78, 5) is 15.2. The molecular weight excluding hydrogens is 447 g/mol. The normalized spacial score (nSPS) is 20.1. The number of hydrogen-bond donors (Lipinski definition) is 1. The minimum Gasteiger partial charge on any atom is -0.507 e. The highest BCUT2D eigenvalue weighted by Crippen LogP contribution is 2.39. The van der Waals surface area contributed by atoms with Crippen LogP contribution in [0.4, 0.5) is 13.2 Å². The molecule has 2 aromatic carbocycles. The first-order valence-corrected chi connectivity index (χ1v) is 10.4. The zero-order chi connectivity index (χ0) is 23.2. The van der Waals surface area contributed by atoms with E-state index in [2.05, 4.69) is 0 Å². The van der Waals surface area contributed by atoms with Gasteiger partial charge in [-0.05, 0) is 43.7 Å². The fraction of sp³-hybridized carbons (Fsp3) is 0.348. The largest absolute Gasteiger partial charge is 0.507 e. The number of morpholine rings is 1. The standard InChI is InChI=1S/C23H21ClF3NO4/c1-12-9-28(10-13(2)31-12)11-17-18(29)8-7-16-20(30)19(14-3-5-15(24)6-4-14)22(23(25,26)27)32-21(16)17/h3-8,12-13,29H,9-11H2,1-2H3. The topological polar surface area (TPSA) is 62.9 Å². The molecule has 1 saturated heterocycles. The van der Waals surface area contributed by atoms with Crippen LogP contribution in [0.5, 0.6) is 5.75 Å². The second kappa shape index (κ2) is 8.42. The van der Waals surface area contributed by atoms with E-state index in [0.717, 1.165) is 0 Å². The Morgan fingerprint density at radius 3 is 2.31 bits per heavy atom. The number of hydrogen-bond acceptors (Lipinski definition) is 5. The molecule has 0 bridgehead atoms. The smallest absolute Gasteiger partial charge is 0.450 e. The van der Waals surface area contributed by atoms with Crippen LogP contribution in [0.1, 0.15) is 25.2 Å². The van der Waals surface area contributed by atoms with Crippen molar-refractivity contribution in [3.05, 3.63) is 63.0 Å². The fourth-order valence-electron chi connectivity index (χ4n) is 4.17. The number of benzene rings is 2. The van der Waals surface area contributed by atoms with Crippen LogP contribution in [0.2, 0.25) is 5.02 Å². The van der Waals surface area contributed by atoms with Crippen molar-refractivity contribution >= 4 is 22.6 Å². The van der Waals surface area contributed by atoms with E-state index >= 15 is 0 Å². The van der Waals surface area contributed by atoms with Crippen molar-refractivity contribution < 1.29 is 27.4 Å². The zero-order valence-electron chi connectivity index (χ0n) is 17.4. The van der Waals surface area contributed by atoms with Crippen LogP contribution < -0.4 is 5.43 Å². The van der Waals surface area contributed by atoms with Crippen LogP contribution in [0, 0.1) is 0 Å². The third-order valence-electron chi connectivity index (χ3n) is 5.41. The molecule has 2 atom stereocenters. The van der Waals surface area contributed by atoms with E-state index in [1.54, 1.807) is 0 Å². The summed E-state index contributed by atoms with van der Waals surface area (Å²) in [5.41, 5.74) is -1.51. The summed E-state index contributed by atoms with van der Waals surface area (Å²) >= 11 is 5.85. The Morgan fingerprint density at radius 1 is 1.09 bits per heavy atom. The van der Waals surface area contributed by atoms with Crippen molar-refractivity contribution in [2.45, 2.75) is 38.8 Å². The quantitative estimate of drug-likeness (QED) is 0.555. The molecule has 1 aliphatic rings. The van der Waals surface area contributed by atoms with Crippen LogP contribution >= 0.6 is 11.6 Å². The van der Waals surface area contributed by atoms with Gasteiger partial charge in [-0.1, -0.05) is 23.7 Å². The number of aromatic hydroxyl groups is 1. The molecule has 1 N–H and O–H groups in total. The predicted octanol–water partition coefficient (Wildman–Crippen LogP) is 5.45. The SMILES string of the molecule is CC1CN(Cc2c(O)ccc3c(=O)c(-c4ccc(Cl)cc4)c(C(F)(F)F)oc23)CC(C)O1. The lowest BCUT2D eigenvalue weighted by Crippen LogP contribution is -2.44. The molecule has 0 radical (unpaired) electrons. The van der Waals surface area contributed by atoms with Crippen molar-refractivity contribution in [2.75, 3.05) is 13.1 Å². The van der Waals surface area contributed by atoms with E-state index in [9.17, 15) is 23.1 Å². The van der Waals surface area contributed by atoms with E-state index < -0.39 is 22.9 Å². The Bertz CT molecular complexity index is 1200. The van der Waals surface area contributed by atoms with Crippen LogP contribution in [0.15, 0.2) is 45.6 Å². The number of phenolic OH excluding ortho intramolecular Hbond substituents is 1. The molecule has 4 rings (SSSR count). The number of rotatable bonds is 3. The highest BCUT2D eigenvalue weighted by Gasteiger charge is 2.40. The molecule has 0 spiro atoms. The van der Waals surface area contributed by atoms with Crippen molar-refractivity contribution in [3.8, 4) is 16.9 Å². The van der Waals surface area contributed by atoms with Gasteiger partial charge in [0.25, 0.3) is 0 Å². The summed E-state index contributed by atoms with van der Waals surface area (Å²) in [6.07, 6.45) is -5.08. The minimum absolute atomic E-state index is 0.0369. The average molecular weight is 468 g/mol. The van der Waals surface area contributed by atoms with Crippen molar-refractivity contribution in [1.29, 1.82) is 0 Å². The summed E-state index contributed by atoms with van der Waals surface area (Å²) in [7, 11) is 0. The second-order valence-corrected chi connectivity index (χ2v) is 8.47. The van der Waals surface area contributed by atoms with Crippen molar-refractivity contribution in [1.82, 2.24) is 4.90 Å². The maximum Gasteiger partial charge on any atom is 0.450 e. The van der Waals surface area contributed by atoms with Crippen LogP contribution in [0.3, 0.4) is 0 Å². The average Bonchev–Trinajstić information content (AvgIpc) is 2.69. The Kier molecular flexibility index (Phi) is 5.96. The predicted molar refractivity (Wildman–Crippen MR) is 115 cm³/mol. The van der Waals surface area contributed by atoms with E-state index in [4.69, 9.17) is 20.8 Å². The summed E-state index contributed by atoms with van der Waals surface area (Å²) in [5.74, 6) is -1.65. The van der Waals surface area contributed by atoms with Gasteiger partial charge in [-0.3, -0.25) is 9.69 Å². The van der Waals surface area contributed by atoms with Crippen molar-refractivity contribution in [2.24, 2.45) is 0 Å². The summed E-state index contributed by atoms with van der Waals surface area (Å²) in [5, 5.41) is 10.7. The number of ether oxygens (including phenoxy) is 1. The van der Waals surface area contributed by atoms with Gasteiger partial charge in [-0.2, -0.15) is 13.2 Å². The number of phenols is 1. The number of fused-ring (bicyclic) bond motifs is 1. The highest BCUT2D eigenvalue weighted by molar-refractivity contribution is 6.30. The van der Waals surface area contributed by atoms with Crippen LogP contribution in [-0.4, -0.2) is 35.3 Å². The first kappa shape index (κ1) is 22.6. The molecule has 0 aliphatic carbocycles. The molecule has 3 aromatic rings. The Morgan fingerprint density at radius 2 is 1.72 bits per heavy atom. The first-order valence-electron chi connectivity index (χ1n) is 10.1. The lowest BCUT2D eigenvalue weighted by Gasteiger charge is -2.35. The first-order chi connectivity index (χ1) is 15.0. The van der Waals surface area contributed by atoms with E-state index in [1.807, 2.05) is 18.7 Å². The number of alkyl halides is 3. The van der Waals surface area contributed by atoms with Gasteiger partial charge in [0.05, 0.1) is 28.7 Å². The third-order valence-corrected chi connectivity index (χ3v) is 5.66. The number of nitrogens with zero attached hydrogens (tertiary/aromatic N) is 1. The van der Waals surface area contributed by atoms with Gasteiger partial charge in [-0.25, -0.2) is 0 Å². The molecule has 1 fully saturated rings. The Labute approximate surface area is 187 Å². The molecule has 2 heterocycles. The van der Waals surface area contributed by atoms with Crippen LogP contribution in [0.25, 0.3) is 22.1 Å². The molecule has 0 amide bonds. The Hall–Kier alpha value is -2.55. The van der Waals surface area contributed by atoms with Gasteiger partial charge in [0.2, 0.25) is 11.2 Å². The maximum absolute atomic E-state index is 14.0. The van der Waals surface area contributed by atoms with E-state index in [1.165, 1.54) is 36.4 Å². The molecule has 0 saturated carbocycles. The molecule has 1 aliphatic heterocycles. The maximum atomic E-state index is 14.0. The molecule has 32 heavy (non-hydrogen) atoms. The van der Waals surface area contributed by atoms with E-state index in [0.29, 0.717) is 18.1 Å². The van der Waals surface area contributed by atoms with Gasteiger partial charge in [0, 0.05) is 24.7 Å².